The van der Waals surface area contributed by atoms with Crippen LogP contribution in [0.4, 0.5) is 14.5 Å². The van der Waals surface area contributed by atoms with Crippen LogP contribution in [0.25, 0.3) is 0 Å². The maximum atomic E-state index is 13.0. The molecule has 0 fully saturated rings. The Balaban J connectivity index is 2.06. The van der Waals surface area contributed by atoms with Crippen LogP contribution in [0, 0.1) is 11.6 Å². The molecule has 0 saturated heterocycles. The van der Waals surface area contributed by atoms with Gasteiger partial charge in [0, 0.05) is 10.0 Å². The van der Waals surface area contributed by atoms with Gasteiger partial charge >= 0.3 is 5.97 Å². The summed E-state index contributed by atoms with van der Waals surface area (Å²) in [5.74, 6) is -1.62. The Kier molecular flexibility index (Phi) is 4.34. The maximum absolute atomic E-state index is 13.0. The Hall–Kier alpha value is -1.95. The first-order chi connectivity index (χ1) is 9.47. The Morgan fingerprint density at radius 2 is 1.95 bits per heavy atom. The smallest absolute Gasteiger partial charge is 0.338 e. The van der Waals surface area contributed by atoms with E-state index in [0.717, 1.165) is 6.07 Å². The summed E-state index contributed by atoms with van der Waals surface area (Å²) < 4.78 is 31.5. The van der Waals surface area contributed by atoms with Gasteiger partial charge in [0.25, 0.3) is 0 Å². The number of carbonyl (C=O) groups is 1. The van der Waals surface area contributed by atoms with Crippen LogP contribution in [0.5, 0.6) is 0 Å². The topological polar surface area (TPSA) is 52.3 Å². The second kappa shape index (κ2) is 6.00. The van der Waals surface area contributed by atoms with Crippen molar-refractivity contribution in [2.24, 2.45) is 0 Å². The van der Waals surface area contributed by atoms with E-state index in [4.69, 9.17) is 10.5 Å². The van der Waals surface area contributed by atoms with Crippen LogP contribution in [0.15, 0.2) is 40.9 Å². The van der Waals surface area contributed by atoms with E-state index in [9.17, 15) is 13.6 Å². The molecule has 0 radical (unpaired) electrons. The van der Waals surface area contributed by atoms with Crippen LogP contribution in [0.1, 0.15) is 15.9 Å². The van der Waals surface area contributed by atoms with E-state index in [1.807, 2.05) is 0 Å². The second-order valence-electron chi connectivity index (χ2n) is 4.05. The summed E-state index contributed by atoms with van der Waals surface area (Å²) in [5.41, 5.74) is 6.03. The summed E-state index contributed by atoms with van der Waals surface area (Å²) in [7, 11) is 0. The lowest BCUT2D eigenvalue weighted by atomic mass is 10.2. The molecule has 2 N–H and O–H groups in total. The summed E-state index contributed by atoms with van der Waals surface area (Å²) in [6.07, 6.45) is 0. The Labute approximate surface area is 122 Å². The van der Waals surface area contributed by atoms with Crippen LogP contribution in [-0.2, 0) is 11.3 Å². The summed E-state index contributed by atoms with van der Waals surface area (Å²) in [6, 6.07) is 7.64. The monoisotopic (exact) mass is 341 g/mol. The number of carbonyl (C=O) groups excluding carboxylic acids is 1. The lowest BCUT2D eigenvalue weighted by molar-refractivity contribution is 0.0472. The number of halogens is 3. The molecule has 6 heteroatoms. The van der Waals surface area contributed by atoms with Crippen molar-refractivity contribution in [3.63, 3.8) is 0 Å². The van der Waals surface area contributed by atoms with E-state index in [2.05, 4.69) is 15.9 Å². The largest absolute Gasteiger partial charge is 0.457 e. The number of esters is 1. The molecule has 0 unspecified atom stereocenters. The van der Waals surface area contributed by atoms with Crippen molar-refractivity contribution < 1.29 is 18.3 Å². The highest BCUT2D eigenvalue weighted by molar-refractivity contribution is 9.10. The lowest BCUT2D eigenvalue weighted by Crippen LogP contribution is -2.07. The van der Waals surface area contributed by atoms with Gasteiger partial charge in [-0.15, -0.1) is 0 Å². The number of benzene rings is 2. The van der Waals surface area contributed by atoms with Gasteiger partial charge < -0.3 is 10.5 Å². The zero-order valence-corrected chi connectivity index (χ0v) is 11.8. The molecule has 0 heterocycles. The van der Waals surface area contributed by atoms with Crippen LogP contribution >= 0.6 is 15.9 Å². The molecule has 0 amide bonds. The normalized spacial score (nSPS) is 10.3. The van der Waals surface area contributed by atoms with Crippen LogP contribution in [0.3, 0.4) is 0 Å². The van der Waals surface area contributed by atoms with Crippen molar-refractivity contribution in [1.82, 2.24) is 0 Å². The predicted molar refractivity (Wildman–Crippen MR) is 74.0 cm³/mol. The van der Waals surface area contributed by atoms with Crippen molar-refractivity contribution in [3.05, 3.63) is 63.6 Å². The highest BCUT2D eigenvalue weighted by atomic mass is 79.9. The molecule has 0 aliphatic heterocycles. The highest BCUT2D eigenvalue weighted by Crippen LogP contribution is 2.20. The van der Waals surface area contributed by atoms with Crippen molar-refractivity contribution >= 4 is 27.6 Å². The van der Waals surface area contributed by atoms with E-state index in [1.165, 1.54) is 30.3 Å². The van der Waals surface area contributed by atoms with Gasteiger partial charge in [0.2, 0.25) is 0 Å². The fraction of sp³-hybridized carbons (Fsp3) is 0.0714. The molecule has 2 aromatic rings. The molecule has 0 spiro atoms. The standard InChI is InChI=1S/C14H10BrF2NO2/c15-11-6-10(16)3-1-9(11)7-20-14(19)8-2-4-12(17)13(18)5-8/h1-6H,7,18H2. The number of anilines is 1. The van der Waals surface area contributed by atoms with Gasteiger partial charge in [0.05, 0.1) is 11.3 Å². The summed E-state index contributed by atoms with van der Waals surface area (Å²) >= 11 is 3.17. The highest BCUT2D eigenvalue weighted by Gasteiger charge is 2.11. The summed E-state index contributed by atoms with van der Waals surface area (Å²) in [5, 5.41) is 0. The molecule has 0 aromatic heterocycles. The molecule has 0 aliphatic carbocycles. The van der Waals surface area contributed by atoms with Crippen LogP contribution in [0.2, 0.25) is 0 Å². The maximum Gasteiger partial charge on any atom is 0.338 e. The Morgan fingerprint density at radius 3 is 2.60 bits per heavy atom. The Morgan fingerprint density at radius 1 is 1.20 bits per heavy atom. The Bertz CT molecular complexity index is 662. The van der Waals surface area contributed by atoms with E-state index in [-0.39, 0.29) is 17.9 Å². The zero-order valence-electron chi connectivity index (χ0n) is 10.2. The molecule has 0 saturated carbocycles. The first-order valence-electron chi connectivity index (χ1n) is 5.63. The third kappa shape index (κ3) is 3.33. The van der Waals surface area contributed by atoms with E-state index < -0.39 is 17.6 Å². The molecule has 20 heavy (non-hydrogen) atoms. The number of ether oxygens (including phenoxy) is 1. The van der Waals surface area contributed by atoms with Gasteiger partial charge in [0.15, 0.2) is 0 Å². The third-order valence-corrected chi connectivity index (χ3v) is 3.34. The molecular formula is C14H10BrF2NO2. The predicted octanol–water partition coefficient (Wildman–Crippen LogP) is 3.67. The van der Waals surface area contributed by atoms with Gasteiger partial charge in [-0.1, -0.05) is 22.0 Å². The second-order valence-corrected chi connectivity index (χ2v) is 4.90. The minimum Gasteiger partial charge on any atom is -0.457 e. The average molecular weight is 342 g/mol. The zero-order chi connectivity index (χ0) is 14.7. The van der Waals surface area contributed by atoms with Crippen LogP contribution in [-0.4, -0.2) is 5.97 Å². The lowest BCUT2D eigenvalue weighted by Gasteiger charge is -2.07. The van der Waals surface area contributed by atoms with Gasteiger partial charge in [-0.05, 0) is 30.3 Å². The van der Waals surface area contributed by atoms with Crippen molar-refractivity contribution in [2.45, 2.75) is 6.61 Å². The van der Waals surface area contributed by atoms with Crippen LogP contribution < -0.4 is 5.73 Å². The number of nitrogen functional groups attached to an aromatic ring is 1. The molecule has 0 bridgehead atoms. The molecule has 0 atom stereocenters. The van der Waals surface area contributed by atoms with E-state index in [1.54, 1.807) is 0 Å². The van der Waals surface area contributed by atoms with Gasteiger partial charge in [-0.3, -0.25) is 0 Å². The fourth-order valence-electron chi connectivity index (χ4n) is 1.54. The number of nitrogens with two attached hydrogens (primary N) is 1. The SMILES string of the molecule is Nc1cc(C(=O)OCc2ccc(F)cc2Br)ccc1F. The molecule has 3 nitrogen and oxygen atoms in total. The quantitative estimate of drug-likeness (QED) is 0.684. The molecule has 2 rings (SSSR count). The third-order valence-electron chi connectivity index (χ3n) is 2.61. The van der Waals surface area contributed by atoms with Crippen molar-refractivity contribution in [2.75, 3.05) is 5.73 Å². The minimum absolute atomic E-state index is 0.0308. The fourth-order valence-corrected chi connectivity index (χ4v) is 2.00. The number of hydrogen-bond donors (Lipinski definition) is 1. The first kappa shape index (κ1) is 14.5. The molecular weight excluding hydrogens is 332 g/mol. The summed E-state index contributed by atoms with van der Waals surface area (Å²) in [4.78, 5) is 11.8. The minimum atomic E-state index is -0.632. The van der Waals surface area contributed by atoms with Gasteiger partial charge in [0.1, 0.15) is 18.2 Å². The van der Waals surface area contributed by atoms with Crippen molar-refractivity contribution in [1.29, 1.82) is 0 Å². The molecule has 0 aliphatic rings. The van der Waals surface area contributed by atoms with E-state index >= 15 is 0 Å². The molecule has 104 valence electrons. The van der Waals surface area contributed by atoms with Gasteiger partial charge in [-0.25, -0.2) is 13.6 Å². The average Bonchev–Trinajstić information content (AvgIpc) is 2.40. The van der Waals surface area contributed by atoms with Crippen molar-refractivity contribution in [3.8, 4) is 0 Å². The summed E-state index contributed by atoms with van der Waals surface area (Å²) in [6.45, 7) is -0.0308. The first-order valence-corrected chi connectivity index (χ1v) is 6.43. The van der Waals surface area contributed by atoms with Gasteiger partial charge in [-0.2, -0.15) is 0 Å². The molecule has 2 aromatic carbocycles. The number of hydrogen-bond acceptors (Lipinski definition) is 3. The number of rotatable bonds is 3. The van der Waals surface area contributed by atoms with E-state index in [0.29, 0.717) is 10.0 Å².